The van der Waals surface area contributed by atoms with Crippen LogP contribution in [0.2, 0.25) is 0 Å². The number of carbonyl (C=O) groups excluding carboxylic acids is 3. The van der Waals surface area contributed by atoms with Crippen molar-refractivity contribution < 1.29 is 23.9 Å². The number of nitrogens with one attached hydrogen (secondary N) is 1. The number of hydrogen-bond acceptors (Lipinski definition) is 5. The molecule has 0 bridgehead atoms. The summed E-state index contributed by atoms with van der Waals surface area (Å²) in [6.07, 6.45) is 0.409. The summed E-state index contributed by atoms with van der Waals surface area (Å²) in [5.74, 6) is -1.42. The number of rotatable bonds is 9. The van der Waals surface area contributed by atoms with E-state index in [9.17, 15) is 14.4 Å². The lowest BCUT2D eigenvalue weighted by Gasteiger charge is -2.16. The number of alkyl carbamates (subject to hydrolysis) is 1. The topological polar surface area (TPSA) is 108 Å². The number of benzene rings is 1. The van der Waals surface area contributed by atoms with Gasteiger partial charge >= 0.3 is 12.1 Å². The first-order valence-corrected chi connectivity index (χ1v) is 7.45. The molecule has 1 atom stereocenters. The quantitative estimate of drug-likeness (QED) is 0.529. The molecule has 2 amide bonds. The molecule has 3 N–H and O–H groups in total. The molecule has 0 saturated carbocycles. The first-order valence-electron chi connectivity index (χ1n) is 7.45. The van der Waals surface area contributed by atoms with Crippen molar-refractivity contribution in [1.29, 1.82) is 0 Å². The van der Waals surface area contributed by atoms with E-state index in [2.05, 4.69) is 5.32 Å². The summed E-state index contributed by atoms with van der Waals surface area (Å²) < 4.78 is 10.00. The summed E-state index contributed by atoms with van der Waals surface area (Å²) in [4.78, 5) is 34.6. The zero-order valence-electron chi connectivity index (χ0n) is 13.1. The lowest BCUT2D eigenvalue weighted by molar-refractivity contribution is -0.147. The Morgan fingerprint density at radius 2 is 1.87 bits per heavy atom. The molecule has 0 spiro atoms. The van der Waals surface area contributed by atoms with Gasteiger partial charge in [-0.2, -0.15) is 0 Å². The van der Waals surface area contributed by atoms with Crippen molar-refractivity contribution in [3.63, 3.8) is 0 Å². The molecular weight excluding hydrogens is 300 g/mol. The zero-order chi connectivity index (χ0) is 17.1. The van der Waals surface area contributed by atoms with E-state index in [4.69, 9.17) is 15.2 Å². The third kappa shape index (κ3) is 7.85. The maximum absolute atomic E-state index is 11.9. The van der Waals surface area contributed by atoms with Crippen molar-refractivity contribution in [2.45, 2.75) is 38.8 Å². The van der Waals surface area contributed by atoms with Gasteiger partial charge in [-0.15, -0.1) is 0 Å². The molecule has 7 heteroatoms. The van der Waals surface area contributed by atoms with Crippen LogP contribution >= 0.6 is 0 Å². The van der Waals surface area contributed by atoms with Gasteiger partial charge in [-0.05, 0) is 12.0 Å². The van der Waals surface area contributed by atoms with Crippen LogP contribution in [0.5, 0.6) is 0 Å². The Balaban J connectivity index is 2.49. The minimum Gasteiger partial charge on any atom is -0.464 e. The Morgan fingerprint density at radius 1 is 1.17 bits per heavy atom. The molecule has 0 saturated heterocycles. The summed E-state index contributed by atoms with van der Waals surface area (Å²) in [7, 11) is 0. The van der Waals surface area contributed by atoms with E-state index in [-0.39, 0.29) is 19.6 Å². The largest absolute Gasteiger partial charge is 0.464 e. The number of esters is 1. The van der Waals surface area contributed by atoms with Gasteiger partial charge in [-0.25, -0.2) is 9.59 Å². The minimum atomic E-state index is -1.15. The number of nitrogens with two attached hydrogens (primary N) is 1. The summed E-state index contributed by atoms with van der Waals surface area (Å²) >= 11 is 0. The minimum absolute atomic E-state index is 0.0564. The average molecular weight is 322 g/mol. The van der Waals surface area contributed by atoms with E-state index in [0.717, 1.165) is 12.0 Å². The molecule has 0 aromatic heterocycles. The molecular formula is C16H22N2O5. The Labute approximate surface area is 135 Å². The Bertz CT molecular complexity index is 518. The van der Waals surface area contributed by atoms with Crippen LogP contribution in [0.3, 0.4) is 0 Å². The van der Waals surface area contributed by atoms with E-state index in [0.29, 0.717) is 6.42 Å². The van der Waals surface area contributed by atoms with E-state index >= 15 is 0 Å². The highest BCUT2D eigenvalue weighted by atomic mass is 16.6. The fourth-order valence-corrected chi connectivity index (χ4v) is 1.72. The maximum atomic E-state index is 11.9. The fourth-order valence-electron chi connectivity index (χ4n) is 1.72. The van der Waals surface area contributed by atoms with Gasteiger partial charge < -0.3 is 20.5 Å². The van der Waals surface area contributed by atoms with Crippen molar-refractivity contribution in [1.82, 2.24) is 5.32 Å². The average Bonchev–Trinajstić information content (AvgIpc) is 2.53. The highest BCUT2D eigenvalue weighted by Crippen LogP contribution is 2.02. The van der Waals surface area contributed by atoms with Gasteiger partial charge in [0.2, 0.25) is 5.91 Å². The number of amides is 2. The summed E-state index contributed by atoms with van der Waals surface area (Å²) in [6.45, 7) is 2.24. The molecule has 0 aliphatic rings. The molecule has 0 heterocycles. The highest BCUT2D eigenvalue weighted by molar-refractivity contribution is 5.87. The predicted molar refractivity (Wildman–Crippen MR) is 83.2 cm³/mol. The lowest BCUT2D eigenvalue weighted by Crippen LogP contribution is -2.44. The van der Waals surface area contributed by atoms with Gasteiger partial charge in [0.25, 0.3) is 0 Å². The third-order valence-electron chi connectivity index (χ3n) is 2.94. The summed E-state index contributed by atoms with van der Waals surface area (Å²) in [5, 5.41) is 2.31. The van der Waals surface area contributed by atoms with Gasteiger partial charge in [0.1, 0.15) is 12.6 Å². The number of carbonyl (C=O) groups is 3. The van der Waals surface area contributed by atoms with Gasteiger partial charge in [0.15, 0.2) is 0 Å². The van der Waals surface area contributed by atoms with Gasteiger partial charge in [-0.3, -0.25) is 4.79 Å². The van der Waals surface area contributed by atoms with Crippen LogP contribution in [0.1, 0.15) is 31.7 Å². The first kappa shape index (κ1) is 18.5. The van der Waals surface area contributed by atoms with Crippen LogP contribution in [-0.2, 0) is 25.7 Å². The Morgan fingerprint density at radius 3 is 2.48 bits per heavy atom. The van der Waals surface area contributed by atoms with Gasteiger partial charge in [0, 0.05) is 0 Å². The zero-order valence-corrected chi connectivity index (χ0v) is 13.1. The summed E-state index contributed by atoms with van der Waals surface area (Å²) in [6, 6.07) is 7.93. The van der Waals surface area contributed by atoms with Gasteiger partial charge in [-0.1, -0.05) is 43.7 Å². The molecule has 126 valence electrons. The number of primary amides is 1. The Kier molecular flexibility index (Phi) is 8.20. The molecule has 1 rings (SSSR count). The van der Waals surface area contributed by atoms with Gasteiger partial charge in [0.05, 0.1) is 13.0 Å². The smallest absolute Gasteiger partial charge is 0.408 e. The second-order valence-electron chi connectivity index (χ2n) is 4.95. The lowest BCUT2D eigenvalue weighted by atomic mass is 10.2. The van der Waals surface area contributed by atoms with E-state index in [1.807, 2.05) is 25.1 Å². The van der Waals surface area contributed by atoms with Crippen molar-refractivity contribution >= 4 is 18.0 Å². The third-order valence-corrected chi connectivity index (χ3v) is 2.94. The molecule has 7 nitrogen and oxygen atoms in total. The standard InChI is InChI=1S/C16H22N2O5/c1-2-3-9-22-15(20)13(10-14(17)19)18-16(21)23-11-12-7-5-4-6-8-12/h4-8,13H,2-3,9-11H2,1H3,(H2,17,19)(H,18,21)/t13-/m1/s1. The van der Waals surface area contributed by atoms with Crippen LogP contribution in [-0.4, -0.2) is 30.6 Å². The molecule has 23 heavy (non-hydrogen) atoms. The van der Waals surface area contributed by atoms with E-state index in [1.54, 1.807) is 12.1 Å². The molecule has 1 aromatic rings. The SMILES string of the molecule is CCCCOC(=O)[C@@H](CC(N)=O)NC(=O)OCc1ccccc1. The predicted octanol–water partition coefficient (Wildman–Crippen LogP) is 1.50. The van der Waals surface area contributed by atoms with E-state index < -0.39 is 24.0 Å². The fraction of sp³-hybridized carbons (Fsp3) is 0.438. The van der Waals surface area contributed by atoms with Crippen molar-refractivity contribution in [2.24, 2.45) is 5.73 Å². The summed E-state index contributed by atoms with van der Waals surface area (Å²) in [5.41, 5.74) is 5.89. The van der Waals surface area contributed by atoms with Crippen LogP contribution < -0.4 is 11.1 Å². The van der Waals surface area contributed by atoms with Crippen LogP contribution in [0.15, 0.2) is 30.3 Å². The number of ether oxygens (including phenoxy) is 2. The number of hydrogen-bond donors (Lipinski definition) is 2. The molecule has 1 aromatic carbocycles. The Hall–Kier alpha value is -2.57. The molecule has 0 unspecified atom stereocenters. The van der Waals surface area contributed by atoms with Crippen LogP contribution in [0.25, 0.3) is 0 Å². The second-order valence-corrected chi connectivity index (χ2v) is 4.95. The van der Waals surface area contributed by atoms with E-state index in [1.165, 1.54) is 0 Å². The van der Waals surface area contributed by atoms with Crippen LogP contribution in [0.4, 0.5) is 4.79 Å². The van der Waals surface area contributed by atoms with Crippen molar-refractivity contribution in [3.05, 3.63) is 35.9 Å². The molecule has 0 aliphatic heterocycles. The molecule has 0 aliphatic carbocycles. The monoisotopic (exact) mass is 322 g/mol. The second kappa shape index (κ2) is 10.2. The first-order chi connectivity index (χ1) is 11.0. The van der Waals surface area contributed by atoms with Crippen LogP contribution in [0, 0.1) is 0 Å². The maximum Gasteiger partial charge on any atom is 0.408 e. The normalized spacial score (nSPS) is 11.3. The highest BCUT2D eigenvalue weighted by Gasteiger charge is 2.25. The molecule has 0 fully saturated rings. The van der Waals surface area contributed by atoms with Crippen molar-refractivity contribution in [2.75, 3.05) is 6.61 Å². The van der Waals surface area contributed by atoms with Crippen molar-refractivity contribution in [3.8, 4) is 0 Å². The number of unbranched alkanes of at least 4 members (excludes halogenated alkanes) is 1. The molecule has 0 radical (unpaired) electrons.